The largest absolute Gasteiger partial charge is 0.383 e. The maximum absolute atomic E-state index is 14.4. The molecule has 8 atom stereocenters. The molecule has 3 aromatic heterocycles. The summed E-state index contributed by atoms with van der Waals surface area (Å²) in [6, 6.07) is 0. The lowest BCUT2D eigenvalue weighted by atomic mass is 9.45. The average Bonchev–Trinajstić information content (AvgIpc) is 3.81. The van der Waals surface area contributed by atoms with Crippen LogP contribution in [0.1, 0.15) is 115 Å². The fourth-order valence-electron chi connectivity index (χ4n) is 11.8. The third kappa shape index (κ3) is 6.12. The Labute approximate surface area is 304 Å². The van der Waals surface area contributed by atoms with Crippen LogP contribution in [-0.4, -0.2) is 67.5 Å². The molecule has 4 aliphatic carbocycles. The zero-order valence-electron chi connectivity index (χ0n) is 30.2. The smallest absolute Gasteiger partial charge is 0.248 e. The van der Waals surface area contributed by atoms with Crippen LogP contribution in [0.15, 0.2) is 23.1 Å². The Morgan fingerprint density at radius 2 is 1.80 bits per heavy atom. The molecule has 0 aromatic carbocycles. The number of rotatable bonds is 9. The van der Waals surface area contributed by atoms with Gasteiger partial charge >= 0.3 is 0 Å². The topological polar surface area (TPSA) is 86.5 Å². The van der Waals surface area contributed by atoms with Crippen LogP contribution >= 0.6 is 15.9 Å². The third-order valence-corrected chi connectivity index (χ3v) is 15.4. The molecule has 0 spiro atoms. The van der Waals surface area contributed by atoms with Crippen LogP contribution < -0.4 is 5.73 Å². The quantitative estimate of drug-likeness (QED) is 0.220. The second kappa shape index (κ2) is 13.4. The molecule has 4 saturated carbocycles. The molecule has 5 aliphatic rings. The molecule has 0 bridgehead atoms. The number of nitrogens with two attached hydrogens (primary N) is 1. The first-order valence-corrected chi connectivity index (χ1v) is 20.3. The zero-order chi connectivity index (χ0) is 34.8. The van der Waals surface area contributed by atoms with Gasteiger partial charge in [-0.25, -0.2) is 13.8 Å². The van der Waals surface area contributed by atoms with Crippen LogP contribution in [0.25, 0.3) is 16.8 Å². The predicted octanol–water partition coefficient (Wildman–Crippen LogP) is 8.89. The van der Waals surface area contributed by atoms with Crippen molar-refractivity contribution >= 4 is 27.4 Å². The highest BCUT2D eigenvalue weighted by Crippen LogP contribution is 2.67. The lowest BCUT2D eigenvalue weighted by molar-refractivity contribution is -0.169. The molecule has 0 amide bonds. The number of aryl methyl sites for hydroxylation is 1. The Balaban J connectivity index is 0.818. The van der Waals surface area contributed by atoms with Gasteiger partial charge in [0.1, 0.15) is 5.82 Å². The second-order valence-corrected chi connectivity index (χ2v) is 18.1. The molecule has 1 unspecified atom stereocenters. The number of anilines is 1. The third-order valence-electron chi connectivity index (χ3n) is 14.5. The highest BCUT2D eigenvalue weighted by atomic mass is 79.9. The van der Waals surface area contributed by atoms with E-state index in [1.807, 2.05) is 25.6 Å². The van der Waals surface area contributed by atoms with Gasteiger partial charge in [-0.05, 0) is 141 Å². The number of alkyl halides is 2. The van der Waals surface area contributed by atoms with E-state index in [2.05, 4.69) is 44.9 Å². The molecule has 50 heavy (non-hydrogen) atoms. The van der Waals surface area contributed by atoms with Gasteiger partial charge in [-0.2, -0.15) is 14.7 Å². The van der Waals surface area contributed by atoms with Crippen LogP contribution in [0, 0.1) is 34.5 Å². The number of nitrogen functional groups attached to an aromatic ring is 1. The molecule has 5 fully saturated rings. The first-order chi connectivity index (χ1) is 24.0. The van der Waals surface area contributed by atoms with Crippen LogP contribution in [-0.2, 0) is 11.8 Å². The fourth-order valence-corrected chi connectivity index (χ4v) is 12.3. The molecular formula is C39H56BrF2N7O. The monoisotopic (exact) mass is 755 g/mol. The summed E-state index contributed by atoms with van der Waals surface area (Å²) in [6.07, 6.45) is 19.6. The van der Waals surface area contributed by atoms with Crippen LogP contribution in [0.3, 0.4) is 0 Å². The Morgan fingerprint density at radius 3 is 2.62 bits per heavy atom. The van der Waals surface area contributed by atoms with E-state index in [4.69, 9.17) is 15.5 Å². The molecule has 4 heterocycles. The summed E-state index contributed by atoms with van der Waals surface area (Å²) < 4.78 is 39.8. The molecule has 11 heteroatoms. The Kier molecular flexibility index (Phi) is 9.36. The van der Waals surface area contributed by atoms with Gasteiger partial charge in [0.15, 0.2) is 5.65 Å². The Bertz CT molecular complexity index is 1690. The van der Waals surface area contributed by atoms with E-state index >= 15 is 0 Å². The fraction of sp³-hybridized carbons (Fsp3) is 0.769. The molecule has 8 nitrogen and oxygen atoms in total. The molecule has 274 valence electrons. The minimum atomic E-state index is -2.45. The van der Waals surface area contributed by atoms with Crippen LogP contribution in [0.4, 0.5) is 14.6 Å². The molecule has 0 radical (unpaired) electrons. The van der Waals surface area contributed by atoms with Gasteiger partial charge in [0.25, 0.3) is 0 Å². The summed E-state index contributed by atoms with van der Waals surface area (Å²) in [4.78, 5) is 7.75. The number of ether oxygens (including phenoxy) is 1. The zero-order valence-corrected chi connectivity index (χ0v) is 31.8. The van der Waals surface area contributed by atoms with Gasteiger partial charge < -0.3 is 15.4 Å². The van der Waals surface area contributed by atoms with Crippen molar-refractivity contribution in [3.05, 3.63) is 28.8 Å². The van der Waals surface area contributed by atoms with E-state index in [0.29, 0.717) is 42.0 Å². The maximum atomic E-state index is 14.4. The lowest BCUT2D eigenvalue weighted by Crippen LogP contribution is -2.55. The number of piperidine rings is 1. The average molecular weight is 757 g/mol. The molecule has 1 aliphatic heterocycles. The van der Waals surface area contributed by atoms with Crippen LogP contribution in [0.2, 0.25) is 0 Å². The van der Waals surface area contributed by atoms with Crippen LogP contribution in [0.5, 0.6) is 0 Å². The Morgan fingerprint density at radius 1 is 0.960 bits per heavy atom. The summed E-state index contributed by atoms with van der Waals surface area (Å²) in [5.41, 5.74) is 10.7. The van der Waals surface area contributed by atoms with Crippen molar-refractivity contribution in [3.63, 3.8) is 0 Å². The first kappa shape index (κ1) is 34.9. The van der Waals surface area contributed by atoms with Crippen molar-refractivity contribution in [2.45, 2.75) is 122 Å². The Hall–Kier alpha value is -2.11. The van der Waals surface area contributed by atoms with Crippen molar-refractivity contribution in [2.24, 2.45) is 41.5 Å². The standard InChI is InChI=1S/C39H56BrF2N7O/c1-37-15-16-39(41,42)20-27(37)9-10-28-30-11-12-32(38(30,2)14-13-31(28)37)50-19-6-4-5-17-48-18-7-8-25(24-48)34-33(40)35(43)49-36(46-34)29(22-45-49)26-21-44-47(3)23-26/h21-23,25,27-28,30-32H,4-20,24,43H2,1-3H3/t25-,27+,28+,30+,31+,32+,37?,38+/m1/s1. The second-order valence-electron chi connectivity index (χ2n) is 17.3. The van der Waals surface area contributed by atoms with E-state index in [1.54, 1.807) is 9.20 Å². The number of halogens is 3. The summed E-state index contributed by atoms with van der Waals surface area (Å²) in [6.45, 7) is 8.94. The van der Waals surface area contributed by atoms with E-state index in [1.165, 1.54) is 38.5 Å². The molecule has 2 N–H and O–H groups in total. The number of aromatic nitrogens is 5. The summed E-state index contributed by atoms with van der Waals surface area (Å²) >= 11 is 3.77. The number of unbranched alkanes of at least 4 members (excludes halogenated alkanes) is 2. The minimum absolute atomic E-state index is 0.0934. The number of fused-ring (bicyclic) bond motifs is 6. The molecule has 8 rings (SSSR count). The molecule has 3 aromatic rings. The molecular weight excluding hydrogens is 700 g/mol. The molecule has 1 saturated heterocycles. The minimum Gasteiger partial charge on any atom is -0.383 e. The first-order valence-electron chi connectivity index (χ1n) is 19.5. The number of likely N-dealkylation sites (tertiary alicyclic amines) is 1. The highest BCUT2D eigenvalue weighted by molar-refractivity contribution is 9.10. The summed E-state index contributed by atoms with van der Waals surface area (Å²) in [5, 5.41) is 8.87. The van der Waals surface area contributed by atoms with Crippen molar-refractivity contribution in [1.82, 2.24) is 29.3 Å². The van der Waals surface area contributed by atoms with Gasteiger partial charge in [-0.15, -0.1) is 0 Å². The maximum Gasteiger partial charge on any atom is 0.248 e. The van der Waals surface area contributed by atoms with E-state index < -0.39 is 5.92 Å². The van der Waals surface area contributed by atoms with Gasteiger partial charge in [-0.1, -0.05) is 13.8 Å². The number of hydrogen-bond acceptors (Lipinski definition) is 6. The number of hydrogen-bond donors (Lipinski definition) is 1. The highest BCUT2D eigenvalue weighted by Gasteiger charge is 2.62. The summed E-state index contributed by atoms with van der Waals surface area (Å²) in [5.74, 6) is 0.669. The van der Waals surface area contributed by atoms with Crippen molar-refractivity contribution in [3.8, 4) is 11.1 Å². The van der Waals surface area contributed by atoms with E-state index in [0.717, 1.165) is 85.3 Å². The van der Waals surface area contributed by atoms with E-state index in [-0.39, 0.29) is 29.6 Å². The van der Waals surface area contributed by atoms with E-state index in [9.17, 15) is 8.78 Å². The summed E-state index contributed by atoms with van der Waals surface area (Å²) in [7, 11) is 1.91. The normalized spacial score (nSPS) is 35.6. The predicted molar refractivity (Wildman–Crippen MR) is 196 cm³/mol. The van der Waals surface area contributed by atoms with Gasteiger partial charge in [0.05, 0.1) is 28.7 Å². The number of nitrogens with zero attached hydrogens (tertiary/aromatic N) is 6. The van der Waals surface area contributed by atoms with Crippen molar-refractivity contribution in [2.75, 3.05) is 32.0 Å². The van der Waals surface area contributed by atoms with Gasteiger partial charge in [0, 0.05) is 56.3 Å². The lowest BCUT2D eigenvalue weighted by Gasteiger charge is -2.61. The van der Waals surface area contributed by atoms with Crippen molar-refractivity contribution in [1.29, 1.82) is 0 Å². The van der Waals surface area contributed by atoms with Crippen molar-refractivity contribution < 1.29 is 13.5 Å². The SMILES string of the molecule is Cn1cc(-c2cnn3c(N)c(Br)c([C@@H]4CCCN(CCCCCO[C@H]5CC[C@H]6[C@@H]7CC[C@H]8CC(F)(F)CCC8(C)[C@H]7CC[C@]56C)C4)nc23)cn1. The van der Waals surface area contributed by atoms with Gasteiger partial charge in [0.2, 0.25) is 5.92 Å². The van der Waals surface area contributed by atoms with Gasteiger partial charge in [-0.3, -0.25) is 4.68 Å².